The molecule has 0 radical (unpaired) electrons. The molecular formula is C17H24O2. The van der Waals surface area contributed by atoms with Gasteiger partial charge in [-0.05, 0) is 41.5 Å². The molecule has 3 unspecified atom stereocenters. The number of fused-ring (bicyclic) bond motifs is 1. The summed E-state index contributed by atoms with van der Waals surface area (Å²) in [7, 11) is 0. The summed E-state index contributed by atoms with van der Waals surface area (Å²) in [6, 6.07) is 6.25. The van der Waals surface area contributed by atoms with Crippen molar-refractivity contribution in [2.75, 3.05) is 6.61 Å². The summed E-state index contributed by atoms with van der Waals surface area (Å²) >= 11 is 0. The van der Waals surface area contributed by atoms with Gasteiger partial charge in [0, 0.05) is 6.42 Å². The van der Waals surface area contributed by atoms with E-state index < -0.39 is 0 Å². The molecule has 2 aliphatic rings. The highest BCUT2D eigenvalue weighted by Gasteiger charge is 2.31. The first-order valence-electron chi connectivity index (χ1n) is 7.73. The largest absolute Gasteiger partial charge is 0.493 e. The minimum Gasteiger partial charge on any atom is -0.493 e. The normalized spacial score (nSPS) is 27.7. The molecule has 1 heterocycles. The van der Waals surface area contributed by atoms with E-state index in [1.807, 2.05) is 6.07 Å². The van der Waals surface area contributed by atoms with Crippen molar-refractivity contribution in [2.45, 2.75) is 51.6 Å². The number of hydrogen-bond donors (Lipinski definition) is 1. The van der Waals surface area contributed by atoms with Crippen LogP contribution in [0.5, 0.6) is 5.75 Å². The van der Waals surface area contributed by atoms with E-state index in [0.717, 1.165) is 24.3 Å². The van der Waals surface area contributed by atoms with Crippen molar-refractivity contribution >= 4 is 0 Å². The van der Waals surface area contributed by atoms with Crippen LogP contribution in [0.3, 0.4) is 0 Å². The summed E-state index contributed by atoms with van der Waals surface area (Å²) in [5.41, 5.74) is 2.36. The Labute approximate surface area is 115 Å². The number of ether oxygens (including phenoxy) is 1. The van der Waals surface area contributed by atoms with Gasteiger partial charge >= 0.3 is 0 Å². The van der Waals surface area contributed by atoms with Crippen molar-refractivity contribution in [3.63, 3.8) is 0 Å². The van der Waals surface area contributed by atoms with Gasteiger partial charge in [-0.25, -0.2) is 0 Å². The summed E-state index contributed by atoms with van der Waals surface area (Å²) in [4.78, 5) is 0. The topological polar surface area (TPSA) is 29.5 Å². The first kappa shape index (κ1) is 13.0. The molecule has 19 heavy (non-hydrogen) atoms. The van der Waals surface area contributed by atoms with Crippen molar-refractivity contribution in [2.24, 2.45) is 11.8 Å². The highest BCUT2D eigenvalue weighted by Crippen LogP contribution is 2.41. The van der Waals surface area contributed by atoms with Gasteiger partial charge in [0.15, 0.2) is 0 Å². The lowest BCUT2D eigenvalue weighted by molar-refractivity contribution is 0.0451. The minimum absolute atomic E-state index is 0.295. The molecule has 104 valence electrons. The number of aliphatic hydroxyl groups is 1. The molecule has 1 saturated carbocycles. The number of aliphatic hydroxyl groups excluding tert-OH is 1. The third-order valence-corrected chi connectivity index (χ3v) is 4.95. The minimum atomic E-state index is -0.295. The molecule has 1 aromatic carbocycles. The SMILES string of the molecule is CCC1CCCCC1C(O)c1ccc2c(c1)CCO2. The Morgan fingerprint density at radius 1 is 1.32 bits per heavy atom. The molecule has 0 aromatic heterocycles. The fourth-order valence-electron chi connectivity index (χ4n) is 3.80. The van der Waals surface area contributed by atoms with Crippen LogP contribution < -0.4 is 4.74 Å². The van der Waals surface area contributed by atoms with Crippen molar-refractivity contribution < 1.29 is 9.84 Å². The van der Waals surface area contributed by atoms with Gasteiger partial charge in [-0.15, -0.1) is 0 Å². The zero-order valence-corrected chi connectivity index (χ0v) is 11.8. The first-order valence-corrected chi connectivity index (χ1v) is 7.73. The van der Waals surface area contributed by atoms with Crippen molar-refractivity contribution in [3.8, 4) is 5.75 Å². The van der Waals surface area contributed by atoms with Gasteiger partial charge in [-0.2, -0.15) is 0 Å². The van der Waals surface area contributed by atoms with Crippen LogP contribution in [0.1, 0.15) is 56.3 Å². The van der Waals surface area contributed by atoms with Crippen LogP contribution in [-0.4, -0.2) is 11.7 Å². The molecule has 0 bridgehead atoms. The quantitative estimate of drug-likeness (QED) is 0.894. The van der Waals surface area contributed by atoms with Gasteiger partial charge in [0.1, 0.15) is 5.75 Å². The summed E-state index contributed by atoms with van der Waals surface area (Å²) in [5.74, 6) is 2.14. The molecule has 3 atom stereocenters. The zero-order valence-electron chi connectivity index (χ0n) is 11.8. The Balaban J connectivity index is 1.80. The second kappa shape index (κ2) is 5.54. The zero-order chi connectivity index (χ0) is 13.2. The van der Waals surface area contributed by atoms with Crippen LogP contribution in [0.25, 0.3) is 0 Å². The maximum Gasteiger partial charge on any atom is 0.122 e. The number of rotatable bonds is 3. The van der Waals surface area contributed by atoms with Gasteiger partial charge < -0.3 is 9.84 Å². The molecule has 1 aromatic rings. The van der Waals surface area contributed by atoms with Gasteiger partial charge in [-0.3, -0.25) is 0 Å². The molecular weight excluding hydrogens is 236 g/mol. The van der Waals surface area contributed by atoms with Crippen LogP contribution in [0.15, 0.2) is 18.2 Å². The smallest absolute Gasteiger partial charge is 0.122 e. The lowest BCUT2D eigenvalue weighted by atomic mass is 9.73. The van der Waals surface area contributed by atoms with Crippen LogP contribution in [-0.2, 0) is 6.42 Å². The molecule has 1 N–H and O–H groups in total. The predicted molar refractivity (Wildman–Crippen MR) is 76.3 cm³/mol. The standard InChI is InChI=1S/C17H24O2/c1-2-12-5-3-4-6-15(12)17(18)14-7-8-16-13(11-14)9-10-19-16/h7-8,11-12,15,17-18H,2-6,9-10H2,1H3. The van der Waals surface area contributed by atoms with E-state index >= 15 is 0 Å². The Bertz CT molecular complexity index is 441. The van der Waals surface area contributed by atoms with Crippen LogP contribution in [0.4, 0.5) is 0 Å². The Morgan fingerprint density at radius 2 is 2.16 bits per heavy atom. The fraction of sp³-hybridized carbons (Fsp3) is 0.647. The van der Waals surface area contributed by atoms with Crippen molar-refractivity contribution in [3.05, 3.63) is 29.3 Å². The van der Waals surface area contributed by atoms with Gasteiger partial charge in [0.2, 0.25) is 0 Å². The van der Waals surface area contributed by atoms with Crippen LogP contribution >= 0.6 is 0 Å². The van der Waals surface area contributed by atoms with Crippen LogP contribution in [0.2, 0.25) is 0 Å². The summed E-state index contributed by atoms with van der Waals surface area (Å²) < 4.78 is 5.54. The van der Waals surface area contributed by atoms with Gasteiger partial charge in [0.25, 0.3) is 0 Å². The molecule has 1 aliphatic heterocycles. The highest BCUT2D eigenvalue weighted by molar-refractivity contribution is 5.40. The van der Waals surface area contributed by atoms with E-state index in [2.05, 4.69) is 19.1 Å². The monoisotopic (exact) mass is 260 g/mol. The predicted octanol–water partition coefficient (Wildman–Crippen LogP) is 3.87. The lowest BCUT2D eigenvalue weighted by Gasteiger charge is -2.34. The lowest BCUT2D eigenvalue weighted by Crippen LogP contribution is -2.25. The van der Waals surface area contributed by atoms with E-state index in [1.165, 1.54) is 37.7 Å². The first-order chi connectivity index (χ1) is 9.29. The van der Waals surface area contributed by atoms with Gasteiger partial charge in [-0.1, -0.05) is 38.7 Å². The molecule has 2 heteroatoms. The molecule has 0 amide bonds. The van der Waals surface area contributed by atoms with E-state index in [-0.39, 0.29) is 6.10 Å². The maximum absolute atomic E-state index is 10.7. The molecule has 1 aliphatic carbocycles. The summed E-state index contributed by atoms with van der Waals surface area (Å²) in [6.07, 6.45) is 6.94. The van der Waals surface area contributed by atoms with E-state index in [4.69, 9.17) is 4.74 Å². The second-order valence-electron chi connectivity index (χ2n) is 6.03. The Morgan fingerprint density at radius 3 is 3.00 bits per heavy atom. The Kier molecular flexibility index (Phi) is 3.79. The third kappa shape index (κ3) is 2.51. The second-order valence-corrected chi connectivity index (χ2v) is 6.03. The molecule has 0 spiro atoms. The molecule has 3 rings (SSSR count). The fourth-order valence-corrected chi connectivity index (χ4v) is 3.80. The maximum atomic E-state index is 10.7. The molecule has 2 nitrogen and oxygen atoms in total. The third-order valence-electron chi connectivity index (χ3n) is 4.95. The Hall–Kier alpha value is -1.02. The van der Waals surface area contributed by atoms with E-state index in [1.54, 1.807) is 0 Å². The molecule has 1 fully saturated rings. The highest BCUT2D eigenvalue weighted by atomic mass is 16.5. The average molecular weight is 260 g/mol. The summed E-state index contributed by atoms with van der Waals surface area (Å²) in [5, 5.41) is 10.7. The number of hydrogen-bond acceptors (Lipinski definition) is 2. The van der Waals surface area contributed by atoms with E-state index in [0.29, 0.717) is 11.8 Å². The van der Waals surface area contributed by atoms with Gasteiger partial charge in [0.05, 0.1) is 12.7 Å². The molecule has 0 saturated heterocycles. The van der Waals surface area contributed by atoms with E-state index in [9.17, 15) is 5.11 Å². The summed E-state index contributed by atoms with van der Waals surface area (Å²) in [6.45, 7) is 3.04. The van der Waals surface area contributed by atoms with Crippen molar-refractivity contribution in [1.82, 2.24) is 0 Å². The average Bonchev–Trinajstić information content (AvgIpc) is 2.93. The van der Waals surface area contributed by atoms with Crippen molar-refractivity contribution in [1.29, 1.82) is 0 Å². The number of benzene rings is 1. The van der Waals surface area contributed by atoms with Crippen LogP contribution in [0, 0.1) is 11.8 Å².